The molecule has 0 aromatic heterocycles. The zero-order valence-corrected chi connectivity index (χ0v) is 10.2. The van der Waals surface area contributed by atoms with Crippen LogP contribution in [0.25, 0.3) is 0 Å². The zero-order valence-electron chi connectivity index (χ0n) is 10.2. The van der Waals surface area contributed by atoms with Gasteiger partial charge in [0.25, 0.3) is 0 Å². The van der Waals surface area contributed by atoms with E-state index in [2.05, 4.69) is 37.9 Å². The second-order valence-corrected chi connectivity index (χ2v) is 5.08. The van der Waals surface area contributed by atoms with Crippen LogP contribution in [0, 0.1) is 0 Å². The second-order valence-electron chi connectivity index (χ2n) is 5.08. The minimum atomic E-state index is 0.630. The summed E-state index contributed by atoms with van der Waals surface area (Å²) in [5.74, 6) is 0. The molecule has 84 valence electrons. The van der Waals surface area contributed by atoms with Crippen LogP contribution in [0.1, 0.15) is 47.0 Å². The molecular weight excluding hydrogens is 172 g/mol. The molecule has 0 aromatic rings. The quantitative estimate of drug-likeness (QED) is 0.748. The Morgan fingerprint density at radius 3 is 2.36 bits per heavy atom. The Kier molecular flexibility index (Phi) is 4.90. The third-order valence-corrected chi connectivity index (χ3v) is 3.06. The predicted octanol–water partition coefficient (Wildman–Crippen LogP) is 2.25. The lowest BCUT2D eigenvalue weighted by atomic mass is 10.1. The molecule has 1 rings (SSSR count). The second kappa shape index (κ2) is 5.72. The fourth-order valence-corrected chi connectivity index (χ4v) is 2.27. The van der Waals surface area contributed by atoms with Crippen LogP contribution in [0.15, 0.2) is 0 Å². The summed E-state index contributed by atoms with van der Waals surface area (Å²) < 4.78 is 0. The topological polar surface area (TPSA) is 15.3 Å². The molecule has 2 heteroatoms. The molecule has 1 fully saturated rings. The lowest BCUT2D eigenvalue weighted by molar-refractivity contribution is 0.228. The Hall–Kier alpha value is -0.0800. The summed E-state index contributed by atoms with van der Waals surface area (Å²) in [6.07, 6.45) is 4.01. The van der Waals surface area contributed by atoms with E-state index in [1.165, 1.54) is 32.4 Å². The number of likely N-dealkylation sites (tertiary alicyclic amines) is 1. The molecule has 1 saturated heterocycles. The van der Waals surface area contributed by atoms with E-state index in [1.54, 1.807) is 0 Å². The summed E-state index contributed by atoms with van der Waals surface area (Å²) in [7, 11) is 0. The summed E-state index contributed by atoms with van der Waals surface area (Å²) in [6.45, 7) is 11.6. The molecule has 0 saturated carbocycles. The number of nitrogens with one attached hydrogen (secondary N) is 1. The zero-order chi connectivity index (χ0) is 10.6. The van der Waals surface area contributed by atoms with Crippen molar-refractivity contribution in [2.75, 3.05) is 13.1 Å². The molecule has 0 spiro atoms. The largest absolute Gasteiger partial charge is 0.312 e. The first-order valence-corrected chi connectivity index (χ1v) is 6.09. The van der Waals surface area contributed by atoms with E-state index in [9.17, 15) is 0 Å². The first-order chi connectivity index (χ1) is 6.59. The summed E-state index contributed by atoms with van der Waals surface area (Å²) in [5.41, 5.74) is 0. The SMILES string of the molecule is CC(C)NC1CCCN(C(C)C)CC1. The Balaban J connectivity index is 2.33. The minimum absolute atomic E-state index is 0.630. The van der Waals surface area contributed by atoms with Crippen LogP contribution in [0.5, 0.6) is 0 Å². The van der Waals surface area contributed by atoms with Gasteiger partial charge in [0, 0.05) is 18.1 Å². The van der Waals surface area contributed by atoms with Crippen LogP contribution in [-0.2, 0) is 0 Å². The molecule has 2 nitrogen and oxygen atoms in total. The molecule has 0 amide bonds. The molecule has 0 radical (unpaired) electrons. The van der Waals surface area contributed by atoms with Gasteiger partial charge in [0.2, 0.25) is 0 Å². The number of hydrogen-bond acceptors (Lipinski definition) is 2. The highest BCUT2D eigenvalue weighted by atomic mass is 15.1. The van der Waals surface area contributed by atoms with Crippen molar-refractivity contribution in [1.29, 1.82) is 0 Å². The van der Waals surface area contributed by atoms with Crippen molar-refractivity contribution in [3.05, 3.63) is 0 Å². The van der Waals surface area contributed by atoms with Crippen molar-refractivity contribution in [3.63, 3.8) is 0 Å². The summed E-state index contributed by atoms with van der Waals surface area (Å²) in [5, 5.41) is 3.65. The van der Waals surface area contributed by atoms with Gasteiger partial charge in [-0.25, -0.2) is 0 Å². The third kappa shape index (κ3) is 3.97. The van der Waals surface area contributed by atoms with Gasteiger partial charge in [-0.15, -0.1) is 0 Å². The van der Waals surface area contributed by atoms with E-state index in [0.717, 1.165) is 6.04 Å². The highest BCUT2D eigenvalue weighted by Gasteiger charge is 2.18. The Morgan fingerprint density at radius 1 is 1.07 bits per heavy atom. The average Bonchev–Trinajstić information content (AvgIpc) is 2.28. The van der Waals surface area contributed by atoms with Gasteiger partial charge in [0.1, 0.15) is 0 Å². The predicted molar refractivity (Wildman–Crippen MR) is 62.6 cm³/mol. The molecule has 1 heterocycles. The van der Waals surface area contributed by atoms with Crippen molar-refractivity contribution in [3.8, 4) is 0 Å². The molecule has 1 N–H and O–H groups in total. The number of hydrogen-bond donors (Lipinski definition) is 1. The van der Waals surface area contributed by atoms with Gasteiger partial charge in [-0.1, -0.05) is 13.8 Å². The number of nitrogens with zero attached hydrogens (tertiary/aromatic N) is 1. The van der Waals surface area contributed by atoms with Crippen LogP contribution in [0.3, 0.4) is 0 Å². The van der Waals surface area contributed by atoms with Crippen LogP contribution < -0.4 is 5.32 Å². The first-order valence-electron chi connectivity index (χ1n) is 6.09. The molecule has 1 atom stereocenters. The summed E-state index contributed by atoms with van der Waals surface area (Å²) in [4.78, 5) is 2.60. The Labute approximate surface area is 89.1 Å². The van der Waals surface area contributed by atoms with Gasteiger partial charge in [-0.3, -0.25) is 0 Å². The van der Waals surface area contributed by atoms with Crippen LogP contribution in [-0.4, -0.2) is 36.1 Å². The van der Waals surface area contributed by atoms with Gasteiger partial charge in [-0.2, -0.15) is 0 Å². The summed E-state index contributed by atoms with van der Waals surface area (Å²) >= 11 is 0. The first kappa shape index (κ1) is 12.0. The van der Waals surface area contributed by atoms with E-state index in [1.807, 2.05) is 0 Å². The van der Waals surface area contributed by atoms with E-state index in [4.69, 9.17) is 0 Å². The van der Waals surface area contributed by atoms with Gasteiger partial charge in [0.05, 0.1) is 0 Å². The van der Waals surface area contributed by atoms with Crippen molar-refractivity contribution in [2.45, 2.75) is 65.1 Å². The highest BCUT2D eigenvalue weighted by Crippen LogP contribution is 2.13. The maximum atomic E-state index is 3.65. The maximum Gasteiger partial charge on any atom is 0.00820 e. The average molecular weight is 198 g/mol. The third-order valence-electron chi connectivity index (χ3n) is 3.06. The standard InChI is InChI=1S/C12H26N2/c1-10(2)13-12-6-5-8-14(9-7-12)11(3)4/h10-13H,5-9H2,1-4H3. The highest BCUT2D eigenvalue weighted by molar-refractivity contribution is 4.77. The van der Waals surface area contributed by atoms with Gasteiger partial charge < -0.3 is 10.2 Å². The fourth-order valence-electron chi connectivity index (χ4n) is 2.27. The maximum absolute atomic E-state index is 3.65. The van der Waals surface area contributed by atoms with Crippen molar-refractivity contribution >= 4 is 0 Å². The van der Waals surface area contributed by atoms with E-state index < -0.39 is 0 Å². The van der Waals surface area contributed by atoms with E-state index >= 15 is 0 Å². The van der Waals surface area contributed by atoms with Crippen LogP contribution in [0.2, 0.25) is 0 Å². The van der Waals surface area contributed by atoms with Gasteiger partial charge in [0.15, 0.2) is 0 Å². The van der Waals surface area contributed by atoms with Gasteiger partial charge >= 0.3 is 0 Å². The fraction of sp³-hybridized carbons (Fsp3) is 1.00. The normalized spacial score (nSPS) is 25.7. The summed E-state index contributed by atoms with van der Waals surface area (Å²) in [6, 6.07) is 2.09. The van der Waals surface area contributed by atoms with Crippen LogP contribution >= 0.6 is 0 Å². The lowest BCUT2D eigenvalue weighted by Crippen LogP contribution is -2.36. The molecular formula is C12H26N2. The number of rotatable bonds is 3. The molecule has 0 aromatic carbocycles. The van der Waals surface area contributed by atoms with E-state index in [0.29, 0.717) is 12.1 Å². The van der Waals surface area contributed by atoms with Crippen LogP contribution in [0.4, 0.5) is 0 Å². The van der Waals surface area contributed by atoms with E-state index in [-0.39, 0.29) is 0 Å². The smallest absolute Gasteiger partial charge is 0.00820 e. The Bertz CT molecular complexity index is 154. The minimum Gasteiger partial charge on any atom is -0.312 e. The molecule has 1 unspecified atom stereocenters. The van der Waals surface area contributed by atoms with Gasteiger partial charge in [-0.05, 0) is 46.2 Å². The molecule has 14 heavy (non-hydrogen) atoms. The van der Waals surface area contributed by atoms with Crippen molar-refractivity contribution < 1.29 is 0 Å². The lowest BCUT2D eigenvalue weighted by Gasteiger charge is -2.24. The Morgan fingerprint density at radius 2 is 1.79 bits per heavy atom. The molecule has 0 bridgehead atoms. The van der Waals surface area contributed by atoms with Crippen molar-refractivity contribution in [2.24, 2.45) is 0 Å². The molecule has 1 aliphatic rings. The molecule has 1 aliphatic heterocycles. The monoisotopic (exact) mass is 198 g/mol. The molecule has 0 aliphatic carbocycles. The van der Waals surface area contributed by atoms with Crippen molar-refractivity contribution in [1.82, 2.24) is 10.2 Å².